The Bertz CT molecular complexity index is 613. The van der Waals surface area contributed by atoms with Gasteiger partial charge in [0.1, 0.15) is 6.20 Å². The molecule has 11 nitrogen and oxygen atoms in total. The molecule has 0 amide bonds. The predicted octanol–water partition coefficient (Wildman–Crippen LogP) is 0.0164. The van der Waals surface area contributed by atoms with Gasteiger partial charge in [0.15, 0.2) is 5.82 Å². The van der Waals surface area contributed by atoms with Crippen molar-refractivity contribution in [1.82, 2.24) is 20.1 Å². The van der Waals surface area contributed by atoms with Gasteiger partial charge in [-0.3, -0.25) is 15.5 Å². The average Bonchev–Trinajstić information content (AvgIpc) is 2.84. The minimum atomic E-state index is -0.584. The second kappa shape index (κ2) is 5.88. The molecule has 2 heterocycles. The molecular formula is C9H12N8O3. The Morgan fingerprint density at radius 2 is 2.30 bits per heavy atom. The summed E-state index contributed by atoms with van der Waals surface area (Å²) in [6.07, 6.45) is 1.48. The van der Waals surface area contributed by atoms with Gasteiger partial charge in [-0.15, -0.1) is 0 Å². The Balaban J connectivity index is 2.05. The van der Waals surface area contributed by atoms with Crippen molar-refractivity contribution < 1.29 is 9.45 Å². The number of anilines is 2. The molecule has 2 aromatic rings. The molecule has 0 atom stereocenters. The SMILES string of the molecule is Cc1noc(CCNc2nc(NN)ncc2[N+](=O)[O-])n1. The largest absolute Gasteiger partial charge is 0.364 e. The normalized spacial score (nSPS) is 10.3. The molecule has 20 heavy (non-hydrogen) atoms. The van der Waals surface area contributed by atoms with E-state index in [-0.39, 0.29) is 17.5 Å². The van der Waals surface area contributed by atoms with E-state index in [1.54, 1.807) is 6.92 Å². The van der Waals surface area contributed by atoms with Crippen molar-refractivity contribution in [3.05, 3.63) is 28.0 Å². The summed E-state index contributed by atoms with van der Waals surface area (Å²) in [5.74, 6) is 6.27. The molecule has 0 aliphatic carbocycles. The summed E-state index contributed by atoms with van der Waals surface area (Å²) in [5.41, 5.74) is 1.97. The fourth-order valence-corrected chi connectivity index (χ4v) is 1.44. The number of nitro groups is 1. The molecule has 11 heteroatoms. The van der Waals surface area contributed by atoms with Crippen LogP contribution in [0.4, 0.5) is 17.5 Å². The van der Waals surface area contributed by atoms with E-state index in [2.05, 4.69) is 30.9 Å². The van der Waals surface area contributed by atoms with Crippen LogP contribution in [0.25, 0.3) is 0 Å². The third-order valence-electron chi connectivity index (χ3n) is 2.30. The molecule has 0 fully saturated rings. The molecule has 2 rings (SSSR count). The highest BCUT2D eigenvalue weighted by Crippen LogP contribution is 2.21. The first-order chi connectivity index (χ1) is 9.60. The summed E-state index contributed by atoms with van der Waals surface area (Å²) in [6, 6.07) is 0. The number of aromatic nitrogens is 4. The Labute approximate surface area is 112 Å². The maximum Gasteiger partial charge on any atom is 0.329 e. The minimum absolute atomic E-state index is 0.0641. The third kappa shape index (κ3) is 3.14. The third-order valence-corrected chi connectivity index (χ3v) is 2.30. The zero-order valence-corrected chi connectivity index (χ0v) is 10.5. The van der Waals surface area contributed by atoms with Gasteiger partial charge in [0.25, 0.3) is 0 Å². The molecular weight excluding hydrogens is 268 g/mol. The number of hydrogen-bond acceptors (Lipinski definition) is 10. The molecule has 0 aliphatic rings. The molecule has 0 spiro atoms. The maximum atomic E-state index is 10.9. The number of rotatable bonds is 6. The first-order valence-electron chi connectivity index (χ1n) is 5.61. The quantitative estimate of drug-likeness (QED) is 0.374. The Kier molecular flexibility index (Phi) is 4.00. The van der Waals surface area contributed by atoms with Crippen LogP contribution in [0.15, 0.2) is 10.7 Å². The van der Waals surface area contributed by atoms with Crippen LogP contribution < -0.4 is 16.6 Å². The van der Waals surface area contributed by atoms with E-state index in [0.29, 0.717) is 24.7 Å². The summed E-state index contributed by atoms with van der Waals surface area (Å²) in [4.78, 5) is 21.8. The smallest absolute Gasteiger partial charge is 0.329 e. The number of nitrogen functional groups attached to an aromatic ring is 1. The molecule has 0 aliphatic heterocycles. The van der Waals surface area contributed by atoms with Gasteiger partial charge in [-0.25, -0.2) is 10.8 Å². The van der Waals surface area contributed by atoms with E-state index in [1.807, 2.05) is 0 Å². The molecule has 0 radical (unpaired) electrons. The summed E-state index contributed by atoms with van der Waals surface area (Å²) in [7, 11) is 0. The van der Waals surface area contributed by atoms with Crippen LogP contribution in [-0.2, 0) is 6.42 Å². The number of aryl methyl sites for hydroxylation is 1. The monoisotopic (exact) mass is 280 g/mol. The lowest BCUT2D eigenvalue weighted by atomic mass is 10.4. The highest BCUT2D eigenvalue weighted by Gasteiger charge is 2.17. The molecule has 106 valence electrons. The van der Waals surface area contributed by atoms with Crippen molar-refractivity contribution in [3.8, 4) is 0 Å². The Morgan fingerprint density at radius 1 is 1.50 bits per heavy atom. The van der Waals surface area contributed by atoms with E-state index in [0.717, 1.165) is 6.20 Å². The molecule has 0 saturated carbocycles. The predicted molar refractivity (Wildman–Crippen MR) is 67.7 cm³/mol. The molecule has 0 bridgehead atoms. The lowest BCUT2D eigenvalue weighted by Crippen LogP contribution is -2.14. The van der Waals surface area contributed by atoms with Crippen LogP contribution in [0.3, 0.4) is 0 Å². The number of nitrogens with one attached hydrogen (secondary N) is 2. The van der Waals surface area contributed by atoms with Gasteiger partial charge in [0.2, 0.25) is 17.7 Å². The number of nitrogens with zero attached hydrogens (tertiary/aromatic N) is 5. The second-order valence-electron chi connectivity index (χ2n) is 3.74. The maximum absolute atomic E-state index is 10.9. The van der Waals surface area contributed by atoms with Crippen molar-refractivity contribution >= 4 is 17.5 Å². The standard InChI is InChI=1S/C9H12N8O3/c1-5-13-7(20-16-5)2-3-11-8-6(17(18)19)4-12-9(14-8)15-10/h4H,2-3,10H2,1H3,(H2,11,12,14,15). The average molecular weight is 280 g/mol. The molecule has 4 N–H and O–H groups in total. The van der Waals surface area contributed by atoms with Crippen LogP contribution in [-0.4, -0.2) is 31.6 Å². The fraction of sp³-hybridized carbons (Fsp3) is 0.333. The molecule has 0 unspecified atom stereocenters. The van der Waals surface area contributed by atoms with Crippen LogP contribution in [0.2, 0.25) is 0 Å². The zero-order chi connectivity index (χ0) is 14.5. The van der Waals surface area contributed by atoms with Crippen molar-refractivity contribution in [2.45, 2.75) is 13.3 Å². The van der Waals surface area contributed by atoms with Gasteiger partial charge in [0.05, 0.1) is 4.92 Å². The Hall–Kier alpha value is -2.82. The second-order valence-corrected chi connectivity index (χ2v) is 3.74. The van der Waals surface area contributed by atoms with Gasteiger partial charge >= 0.3 is 5.69 Å². The van der Waals surface area contributed by atoms with Crippen molar-refractivity contribution in [2.24, 2.45) is 5.84 Å². The van der Waals surface area contributed by atoms with Crippen molar-refractivity contribution in [1.29, 1.82) is 0 Å². The topological polar surface area (TPSA) is 158 Å². The lowest BCUT2D eigenvalue weighted by Gasteiger charge is -2.05. The highest BCUT2D eigenvalue weighted by atomic mass is 16.6. The van der Waals surface area contributed by atoms with E-state index in [4.69, 9.17) is 10.4 Å². The molecule has 0 saturated heterocycles. The van der Waals surface area contributed by atoms with Crippen LogP contribution in [0.1, 0.15) is 11.7 Å². The van der Waals surface area contributed by atoms with Gasteiger partial charge in [-0.2, -0.15) is 9.97 Å². The lowest BCUT2D eigenvalue weighted by molar-refractivity contribution is -0.384. The number of nitrogens with two attached hydrogens (primary N) is 1. The summed E-state index contributed by atoms with van der Waals surface area (Å²) < 4.78 is 4.92. The van der Waals surface area contributed by atoms with E-state index in [1.165, 1.54) is 0 Å². The van der Waals surface area contributed by atoms with Gasteiger partial charge in [-0.05, 0) is 6.92 Å². The molecule has 2 aromatic heterocycles. The van der Waals surface area contributed by atoms with Crippen LogP contribution in [0, 0.1) is 17.0 Å². The summed E-state index contributed by atoms with van der Waals surface area (Å²) in [6.45, 7) is 2.04. The van der Waals surface area contributed by atoms with Crippen molar-refractivity contribution in [2.75, 3.05) is 17.3 Å². The number of hydrogen-bond donors (Lipinski definition) is 3. The highest BCUT2D eigenvalue weighted by molar-refractivity contribution is 5.56. The number of hydrazine groups is 1. The minimum Gasteiger partial charge on any atom is -0.364 e. The van der Waals surface area contributed by atoms with Gasteiger partial charge in [-0.1, -0.05) is 5.16 Å². The zero-order valence-electron chi connectivity index (χ0n) is 10.5. The van der Waals surface area contributed by atoms with Crippen LogP contribution >= 0.6 is 0 Å². The summed E-state index contributed by atoms with van der Waals surface area (Å²) in [5, 5.41) is 17.3. The van der Waals surface area contributed by atoms with Crippen LogP contribution in [0.5, 0.6) is 0 Å². The van der Waals surface area contributed by atoms with Gasteiger partial charge in [0, 0.05) is 13.0 Å². The first-order valence-corrected chi connectivity index (χ1v) is 5.61. The van der Waals surface area contributed by atoms with E-state index < -0.39 is 4.92 Å². The first kappa shape index (κ1) is 13.6. The Morgan fingerprint density at radius 3 is 2.90 bits per heavy atom. The van der Waals surface area contributed by atoms with E-state index >= 15 is 0 Å². The van der Waals surface area contributed by atoms with Crippen molar-refractivity contribution in [3.63, 3.8) is 0 Å². The molecule has 0 aromatic carbocycles. The van der Waals surface area contributed by atoms with E-state index in [9.17, 15) is 10.1 Å². The van der Waals surface area contributed by atoms with Gasteiger partial charge < -0.3 is 9.84 Å². The fourth-order valence-electron chi connectivity index (χ4n) is 1.44. The summed E-state index contributed by atoms with van der Waals surface area (Å²) >= 11 is 0.